The average molecular weight is 250 g/mol. The molecule has 0 saturated carbocycles. The molecule has 4 N–H and O–H groups in total. The van der Waals surface area contributed by atoms with Crippen LogP contribution in [0.3, 0.4) is 0 Å². The molecule has 4 nitrogen and oxygen atoms in total. The molecule has 4 heteroatoms. The molecule has 18 heavy (non-hydrogen) atoms. The Morgan fingerprint density at radius 3 is 3.06 bits per heavy atom. The Bertz CT molecular complexity index is 389. The predicted octanol–water partition coefficient (Wildman–Crippen LogP) is 1.38. The number of aliphatic hydroxyl groups excluding tert-OH is 1. The number of aliphatic hydroxyl groups is 1. The van der Waals surface area contributed by atoms with Crippen LogP contribution in [0.25, 0.3) is 0 Å². The number of ether oxygens (including phenoxy) is 1. The molecule has 0 bridgehead atoms. The van der Waals surface area contributed by atoms with Gasteiger partial charge in [-0.25, -0.2) is 0 Å². The van der Waals surface area contributed by atoms with Crippen molar-refractivity contribution in [2.45, 2.75) is 32.0 Å². The molecule has 1 heterocycles. The Morgan fingerprint density at radius 2 is 2.39 bits per heavy atom. The second-order valence-corrected chi connectivity index (χ2v) is 4.93. The number of anilines is 1. The van der Waals surface area contributed by atoms with Gasteiger partial charge in [-0.3, -0.25) is 0 Å². The van der Waals surface area contributed by atoms with Gasteiger partial charge in [0.2, 0.25) is 0 Å². The quantitative estimate of drug-likeness (QED) is 0.691. The monoisotopic (exact) mass is 250 g/mol. The lowest BCUT2D eigenvalue weighted by Gasteiger charge is -2.15. The highest BCUT2D eigenvalue weighted by Crippen LogP contribution is 2.18. The first-order valence-electron chi connectivity index (χ1n) is 6.53. The molecule has 2 rings (SSSR count). The molecular weight excluding hydrogens is 228 g/mol. The van der Waals surface area contributed by atoms with E-state index in [9.17, 15) is 5.11 Å². The summed E-state index contributed by atoms with van der Waals surface area (Å²) in [7, 11) is 0. The van der Waals surface area contributed by atoms with E-state index in [2.05, 4.69) is 5.32 Å². The van der Waals surface area contributed by atoms with Crippen molar-refractivity contribution in [3.8, 4) is 0 Å². The number of benzene rings is 1. The van der Waals surface area contributed by atoms with E-state index >= 15 is 0 Å². The van der Waals surface area contributed by atoms with Crippen molar-refractivity contribution in [1.29, 1.82) is 0 Å². The Kier molecular flexibility index (Phi) is 4.58. The molecule has 1 aliphatic rings. The highest BCUT2D eigenvalue weighted by Gasteiger charge is 2.15. The minimum absolute atomic E-state index is 0.306. The molecular formula is C14H22N2O2. The zero-order valence-electron chi connectivity index (χ0n) is 10.9. The standard InChI is InChI=1S/C14H22N2O2/c1-10-4-5-11(7-13(10)15)14(17)9-16-8-12-3-2-6-18-12/h4-5,7,12,14,16-17H,2-3,6,8-9,15H2,1H3. The number of nitrogen functional groups attached to an aromatic ring is 1. The van der Waals surface area contributed by atoms with E-state index in [1.54, 1.807) is 0 Å². The van der Waals surface area contributed by atoms with E-state index in [1.165, 1.54) is 0 Å². The summed E-state index contributed by atoms with van der Waals surface area (Å²) >= 11 is 0. The zero-order valence-corrected chi connectivity index (χ0v) is 10.9. The van der Waals surface area contributed by atoms with Gasteiger partial charge in [-0.2, -0.15) is 0 Å². The second-order valence-electron chi connectivity index (χ2n) is 4.93. The fourth-order valence-corrected chi connectivity index (χ4v) is 2.17. The summed E-state index contributed by atoms with van der Waals surface area (Å²) in [4.78, 5) is 0. The fraction of sp³-hybridized carbons (Fsp3) is 0.571. The van der Waals surface area contributed by atoms with Crippen LogP contribution in [-0.2, 0) is 4.74 Å². The van der Waals surface area contributed by atoms with E-state index in [0.29, 0.717) is 12.6 Å². The van der Waals surface area contributed by atoms with Crippen LogP contribution in [0.1, 0.15) is 30.1 Å². The number of rotatable bonds is 5. The van der Waals surface area contributed by atoms with Gasteiger partial charge in [-0.1, -0.05) is 12.1 Å². The molecule has 0 radical (unpaired) electrons. The van der Waals surface area contributed by atoms with Gasteiger partial charge >= 0.3 is 0 Å². The summed E-state index contributed by atoms with van der Waals surface area (Å²) in [6.45, 7) is 4.16. The van der Waals surface area contributed by atoms with Crippen LogP contribution in [0.4, 0.5) is 5.69 Å². The van der Waals surface area contributed by atoms with Crippen LogP contribution in [-0.4, -0.2) is 30.9 Å². The molecule has 0 amide bonds. The van der Waals surface area contributed by atoms with Crippen LogP contribution < -0.4 is 11.1 Å². The van der Waals surface area contributed by atoms with Gasteiger partial charge in [0.1, 0.15) is 0 Å². The molecule has 1 fully saturated rings. The lowest BCUT2D eigenvalue weighted by molar-refractivity contribution is 0.103. The Hall–Kier alpha value is -1.10. The van der Waals surface area contributed by atoms with Crippen molar-refractivity contribution in [3.63, 3.8) is 0 Å². The lowest BCUT2D eigenvalue weighted by Crippen LogP contribution is -2.29. The van der Waals surface area contributed by atoms with E-state index in [-0.39, 0.29) is 0 Å². The van der Waals surface area contributed by atoms with Gasteiger partial charge < -0.3 is 20.9 Å². The third kappa shape index (κ3) is 3.45. The summed E-state index contributed by atoms with van der Waals surface area (Å²) in [6, 6.07) is 5.70. The Morgan fingerprint density at radius 1 is 1.56 bits per heavy atom. The molecule has 2 atom stereocenters. The molecule has 0 aromatic heterocycles. The largest absolute Gasteiger partial charge is 0.399 e. The SMILES string of the molecule is Cc1ccc(C(O)CNCC2CCCO2)cc1N. The fourth-order valence-electron chi connectivity index (χ4n) is 2.17. The van der Waals surface area contributed by atoms with Gasteiger partial charge in [0.25, 0.3) is 0 Å². The summed E-state index contributed by atoms with van der Waals surface area (Å²) in [5, 5.41) is 13.3. The van der Waals surface area contributed by atoms with Gasteiger partial charge in [-0.15, -0.1) is 0 Å². The summed E-state index contributed by atoms with van der Waals surface area (Å²) in [5.41, 5.74) is 8.46. The molecule has 1 saturated heterocycles. The topological polar surface area (TPSA) is 67.5 Å². The van der Waals surface area contributed by atoms with Crippen molar-refractivity contribution in [1.82, 2.24) is 5.32 Å². The number of nitrogens with two attached hydrogens (primary N) is 1. The number of aryl methyl sites for hydroxylation is 1. The summed E-state index contributed by atoms with van der Waals surface area (Å²) < 4.78 is 5.51. The predicted molar refractivity (Wildman–Crippen MR) is 72.4 cm³/mol. The normalized spacial score (nSPS) is 21.1. The van der Waals surface area contributed by atoms with E-state index in [0.717, 1.165) is 42.8 Å². The van der Waals surface area contributed by atoms with Crippen LogP contribution >= 0.6 is 0 Å². The molecule has 1 aromatic carbocycles. The summed E-state index contributed by atoms with van der Waals surface area (Å²) in [6.07, 6.45) is 2.04. The van der Waals surface area contributed by atoms with Gasteiger partial charge in [0.05, 0.1) is 12.2 Å². The van der Waals surface area contributed by atoms with Crippen molar-refractivity contribution >= 4 is 5.69 Å². The maximum absolute atomic E-state index is 10.1. The van der Waals surface area contributed by atoms with Gasteiger partial charge in [0.15, 0.2) is 0 Å². The third-order valence-corrected chi connectivity index (χ3v) is 3.42. The molecule has 0 aliphatic carbocycles. The van der Waals surface area contributed by atoms with E-state index in [4.69, 9.17) is 10.5 Å². The minimum atomic E-state index is -0.519. The first kappa shape index (κ1) is 13.3. The minimum Gasteiger partial charge on any atom is -0.399 e. The number of hydrogen-bond acceptors (Lipinski definition) is 4. The smallest absolute Gasteiger partial charge is 0.0915 e. The first-order valence-corrected chi connectivity index (χ1v) is 6.53. The summed E-state index contributed by atoms with van der Waals surface area (Å²) in [5.74, 6) is 0. The van der Waals surface area contributed by atoms with Crippen LogP contribution in [0.2, 0.25) is 0 Å². The maximum Gasteiger partial charge on any atom is 0.0915 e. The van der Waals surface area contributed by atoms with Crippen LogP contribution in [0.15, 0.2) is 18.2 Å². The van der Waals surface area contributed by atoms with Crippen molar-refractivity contribution in [3.05, 3.63) is 29.3 Å². The lowest BCUT2D eigenvalue weighted by atomic mass is 10.1. The molecule has 100 valence electrons. The Balaban J connectivity index is 1.79. The molecule has 0 spiro atoms. The Labute approximate surface area is 108 Å². The zero-order chi connectivity index (χ0) is 13.0. The maximum atomic E-state index is 10.1. The molecule has 1 aliphatic heterocycles. The highest BCUT2D eigenvalue weighted by atomic mass is 16.5. The number of hydrogen-bond donors (Lipinski definition) is 3. The second kappa shape index (κ2) is 6.18. The number of nitrogens with one attached hydrogen (secondary N) is 1. The molecule has 1 aromatic rings. The van der Waals surface area contributed by atoms with E-state index < -0.39 is 6.10 Å². The van der Waals surface area contributed by atoms with Gasteiger partial charge in [0, 0.05) is 25.4 Å². The first-order chi connectivity index (χ1) is 8.66. The average Bonchev–Trinajstić information content (AvgIpc) is 2.85. The van der Waals surface area contributed by atoms with E-state index in [1.807, 2.05) is 25.1 Å². The third-order valence-electron chi connectivity index (χ3n) is 3.42. The van der Waals surface area contributed by atoms with Gasteiger partial charge in [-0.05, 0) is 37.0 Å². The van der Waals surface area contributed by atoms with Crippen LogP contribution in [0.5, 0.6) is 0 Å². The highest BCUT2D eigenvalue weighted by molar-refractivity contribution is 5.48. The van der Waals surface area contributed by atoms with Crippen molar-refractivity contribution in [2.24, 2.45) is 0 Å². The van der Waals surface area contributed by atoms with Crippen molar-refractivity contribution < 1.29 is 9.84 Å². The molecule has 2 unspecified atom stereocenters. The van der Waals surface area contributed by atoms with Crippen LogP contribution in [0, 0.1) is 6.92 Å². The van der Waals surface area contributed by atoms with Crippen molar-refractivity contribution in [2.75, 3.05) is 25.4 Å².